The Morgan fingerprint density at radius 2 is 1.74 bits per heavy atom. The Morgan fingerprint density at radius 3 is 2.43 bits per heavy atom. The summed E-state index contributed by atoms with van der Waals surface area (Å²) in [5.74, 6) is -0.603. The number of urea groups is 1. The van der Waals surface area contributed by atoms with Gasteiger partial charge in [-0.2, -0.15) is 0 Å². The summed E-state index contributed by atoms with van der Waals surface area (Å²) in [5.41, 5.74) is 0.785. The molecule has 0 spiro atoms. The van der Waals surface area contributed by atoms with Gasteiger partial charge in [0.25, 0.3) is 5.91 Å². The molecule has 0 bridgehead atoms. The summed E-state index contributed by atoms with van der Waals surface area (Å²) in [5, 5.41) is 8.57. The number of benzene rings is 1. The van der Waals surface area contributed by atoms with E-state index in [9.17, 15) is 14.4 Å². The number of likely N-dealkylation sites (N-methyl/N-ethyl adjacent to an activating group) is 1. The van der Waals surface area contributed by atoms with Gasteiger partial charge in [0.2, 0.25) is 5.91 Å². The smallest absolute Gasteiger partial charge is 0.283 e. The molecular formula is C15H15N5O3. The van der Waals surface area contributed by atoms with Crippen LogP contribution in [0.2, 0.25) is 0 Å². The van der Waals surface area contributed by atoms with Crippen LogP contribution in [0, 0.1) is 5.92 Å². The third kappa shape index (κ3) is 1.71. The van der Waals surface area contributed by atoms with Crippen LogP contribution in [-0.2, 0) is 9.59 Å². The van der Waals surface area contributed by atoms with Crippen molar-refractivity contribution in [1.82, 2.24) is 19.9 Å². The third-order valence-electron chi connectivity index (χ3n) is 4.50. The number of hydrogen-bond acceptors (Lipinski definition) is 5. The number of amides is 4. The average molecular weight is 313 g/mol. The maximum absolute atomic E-state index is 12.5. The summed E-state index contributed by atoms with van der Waals surface area (Å²) >= 11 is 0. The molecule has 0 aromatic heterocycles. The largest absolute Gasteiger partial charge is 0.359 e. The predicted octanol–water partition coefficient (Wildman–Crippen LogP) is -0.0704. The lowest BCUT2D eigenvalue weighted by Crippen LogP contribution is -2.58. The first-order valence-electron chi connectivity index (χ1n) is 7.30. The maximum Gasteiger partial charge on any atom is 0.359 e. The van der Waals surface area contributed by atoms with E-state index >= 15 is 0 Å². The van der Waals surface area contributed by atoms with E-state index in [4.69, 9.17) is 0 Å². The zero-order chi connectivity index (χ0) is 16.3. The molecule has 1 aromatic rings. The van der Waals surface area contributed by atoms with E-state index in [1.807, 2.05) is 30.3 Å². The van der Waals surface area contributed by atoms with Gasteiger partial charge < -0.3 is 0 Å². The Morgan fingerprint density at radius 1 is 1.04 bits per heavy atom. The van der Waals surface area contributed by atoms with Gasteiger partial charge in [0.05, 0.1) is 12.5 Å². The van der Waals surface area contributed by atoms with Crippen molar-refractivity contribution >= 4 is 23.7 Å². The Kier molecular flexibility index (Phi) is 2.72. The quantitative estimate of drug-likeness (QED) is 0.680. The molecule has 1 aromatic carbocycles. The first kappa shape index (κ1) is 13.7. The molecule has 0 N–H and O–H groups in total. The second-order valence-corrected chi connectivity index (χ2v) is 5.81. The molecule has 0 radical (unpaired) electrons. The molecule has 4 amide bonds. The lowest BCUT2D eigenvalue weighted by molar-refractivity contribution is -0.140. The molecule has 3 heterocycles. The van der Waals surface area contributed by atoms with Crippen molar-refractivity contribution in [3.05, 3.63) is 35.9 Å². The van der Waals surface area contributed by atoms with E-state index in [-0.39, 0.29) is 24.4 Å². The van der Waals surface area contributed by atoms with Crippen molar-refractivity contribution in [2.24, 2.45) is 11.0 Å². The van der Waals surface area contributed by atoms with Crippen LogP contribution < -0.4 is 0 Å². The van der Waals surface area contributed by atoms with E-state index in [1.54, 1.807) is 12.1 Å². The van der Waals surface area contributed by atoms with Crippen LogP contribution in [0.4, 0.5) is 4.79 Å². The molecule has 3 aliphatic rings. The van der Waals surface area contributed by atoms with Gasteiger partial charge in [-0.1, -0.05) is 30.3 Å². The summed E-state index contributed by atoms with van der Waals surface area (Å²) in [6.07, 6.45) is 0. The molecule has 8 nitrogen and oxygen atoms in total. The van der Waals surface area contributed by atoms with Gasteiger partial charge in [0.1, 0.15) is 6.04 Å². The molecule has 118 valence electrons. The van der Waals surface area contributed by atoms with Gasteiger partial charge in [-0.25, -0.2) is 19.8 Å². The van der Waals surface area contributed by atoms with Crippen LogP contribution >= 0.6 is 0 Å². The highest BCUT2D eigenvalue weighted by atomic mass is 16.2. The van der Waals surface area contributed by atoms with E-state index in [1.165, 1.54) is 17.1 Å². The number of nitrogens with zero attached hydrogens (tertiary/aromatic N) is 5. The van der Waals surface area contributed by atoms with Gasteiger partial charge in [0.15, 0.2) is 5.84 Å². The second kappa shape index (κ2) is 4.55. The molecule has 8 heteroatoms. The molecule has 3 aliphatic heterocycles. The number of rotatable bonds is 1. The van der Waals surface area contributed by atoms with E-state index in [0.29, 0.717) is 5.84 Å². The summed E-state index contributed by atoms with van der Waals surface area (Å²) in [7, 11) is 3.04. The molecule has 0 saturated carbocycles. The van der Waals surface area contributed by atoms with Crippen LogP contribution in [0.1, 0.15) is 5.56 Å². The van der Waals surface area contributed by atoms with Gasteiger partial charge >= 0.3 is 6.03 Å². The first-order valence-corrected chi connectivity index (χ1v) is 7.30. The fourth-order valence-electron chi connectivity index (χ4n) is 3.33. The third-order valence-corrected chi connectivity index (χ3v) is 4.50. The number of carbonyl (C=O) groups is 3. The topological polar surface area (TPSA) is 76.5 Å². The van der Waals surface area contributed by atoms with Gasteiger partial charge in [-0.3, -0.25) is 14.5 Å². The van der Waals surface area contributed by atoms with E-state index < -0.39 is 12.0 Å². The summed E-state index contributed by atoms with van der Waals surface area (Å²) in [6, 6.07) is 8.27. The van der Waals surface area contributed by atoms with Crippen LogP contribution in [0.15, 0.2) is 35.4 Å². The minimum absolute atomic E-state index is 0.189. The molecule has 2 saturated heterocycles. The van der Waals surface area contributed by atoms with Gasteiger partial charge in [-0.15, -0.1) is 5.10 Å². The Balaban J connectivity index is 1.84. The second-order valence-electron chi connectivity index (χ2n) is 5.81. The highest BCUT2D eigenvalue weighted by Crippen LogP contribution is 2.36. The van der Waals surface area contributed by atoms with E-state index in [2.05, 4.69) is 5.10 Å². The van der Waals surface area contributed by atoms with Crippen LogP contribution in [0.5, 0.6) is 0 Å². The van der Waals surface area contributed by atoms with E-state index in [0.717, 1.165) is 10.5 Å². The summed E-state index contributed by atoms with van der Waals surface area (Å²) < 4.78 is 0. The molecular weight excluding hydrogens is 298 g/mol. The van der Waals surface area contributed by atoms with Crippen molar-refractivity contribution in [2.45, 2.75) is 6.04 Å². The van der Waals surface area contributed by atoms with Crippen molar-refractivity contribution in [2.75, 3.05) is 20.6 Å². The molecule has 4 rings (SSSR count). The van der Waals surface area contributed by atoms with Crippen molar-refractivity contribution in [3.63, 3.8) is 0 Å². The Bertz CT molecular complexity index is 747. The standard InChI is InChI=1S/C15H15N5O3/c1-17-13(21)10-8-19-15(23)18(2)16-12(9-6-4-3-5-7-9)20(19)11(10)14(17)22/h3-7,10-11H,8H2,1-2H3. The SMILES string of the molecule is CN1N=C(c2ccccc2)N2C3C(=O)N(C)C(=O)C3CN2C1=O. The normalized spacial score (nSPS) is 26.7. The summed E-state index contributed by atoms with van der Waals surface area (Å²) in [6.45, 7) is 0.189. The molecule has 2 fully saturated rings. The number of imide groups is 1. The molecule has 23 heavy (non-hydrogen) atoms. The van der Waals surface area contributed by atoms with Crippen molar-refractivity contribution < 1.29 is 14.4 Å². The lowest BCUT2D eigenvalue weighted by atomic mass is 10.0. The first-order chi connectivity index (χ1) is 11.0. The summed E-state index contributed by atoms with van der Waals surface area (Å²) in [4.78, 5) is 38.2. The number of hydrazone groups is 1. The fraction of sp³-hybridized carbons (Fsp3) is 0.333. The zero-order valence-electron chi connectivity index (χ0n) is 12.7. The van der Waals surface area contributed by atoms with Gasteiger partial charge in [-0.05, 0) is 0 Å². The minimum Gasteiger partial charge on any atom is -0.283 e. The number of fused-ring (bicyclic) bond motifs is 3. The maximum atomic E-state index is 12.5. The highest BCUT2D eigenvalue weighted by Gasteiger charge is 2.59. The van der Waals surface area contributed by atoms with Crippen LogP contribution in [-0.4, -0.2) is 70.3 Å². The highest BCUT2D eigenvalue weighted by molar-refractivity contribution is 6.12. The number of amidine groups is 1. The number of likely N-dealkylation sites (tertiary alicyclic amines) is 1. The lowest BCUT2D eigenvalue weighted by Gasteiger charge is -2.39. The number of hydrazine groups is 1. The Hall–Kier alpha value is -2.90. The number of carbonyl (C=O) groups excluding carboxylic acids is 3. The molecule has 0 aliphatic carbocycles. The van der Waals surface area contributed by atoms with Crippen LogP contribution in [0.3, 0.4) is 0 Å². The van der Waals surface area contributed by atoms with Crippen molar-refractivity contribution in [1.29, 1.82) is 0 Å². The fourth-order valence-corrected chi connectivity index (χ4v) is 3.33. The van der Waals surface area contributed by atoms with Gasteiger partial charge in [0, 0.05) is 19.7 Å². The predicted molar refractivity (Wildman–Crippen MR) is 79.7 cm³/mol. The number of hydrogen-bond donors (Lipinski definition) is 0. The molecule has 2 unspecified atom stereocenters. The zero-order valence-corrected chi connectivity index (χ0v) is 12.7. The van der Waals surface area contributed by atoms with Crippen LogP contribution in [0.25, 0.3) is 0 Å². The minimum atomic E-state index is -0.705. The monoisotopic (exact) mass is 313 g/mol. The Labute approximate surface area is 132 Å². The average Bonchev–Trinajstić information content (AvgIpc) is 3.05. The van der Waals surface area contributed by atoms with Crippen molar-refractivity contribution in [3.8, 4) is 0 Å². The molecule has 2 atom stereocenters.